The predicted molar refractivity (Wildman–Crippen MR) is 78.1 cm³/mol. The van der Waals surface area contributed by atoms with E-state index in [1.54, 1.807) is 0 Å². The van der Waals surface area contributed by atoms with Crippen molar-refractivity contribution < 1.29 is 4.79 Å². The number of hydrogen-bond acceptors (Lipinski definition) is 2. The minimum Gasteiger partial charge on any atom is -0.348 e. The first-order chi connectivity index (χ1) is 8.23. The summed E-state index contributed by atoms with van der Waals surface area (Å²) in [5, 5.41) is 2.95. The van der Waals surface area contributed by atoms with Crippen LogP contribution in [0.3, 0.4) is 0 Å². The van der Waals surface area contributed by atoms with Crippen molar-refractivity contribution in [2.45, 2.75) is 39.8 Å². The van der Waals surface area contributed by atoms with Gasteiger partial charge in [0.25, 0.3) is 0 Å². The molecule has 100 valence electrons. The summed E-state index contributed by atoms with van der Waals surface area (Å²) in [7, 11) is 0. The molecule has 0 aliphatic heterocycles. The molecule has 0 fully saturated rings. The summed E-state index contributed by atoms with van der Waals surface area (Å²) in [6.07, 6.45) is 0. The second-order valence-electron chi connectivity index (χ2n) is 5.60. The highest BCUT2D eigenvalue weighted by atomic mass is 79.9. The zero-order valence-corrected chi connectivity index (χ0v) is 12.9. The number of carbonyl (C=O) groups is 1. The maximum atomic E-state index is 12.0. The summed E-state index contributed by atoms with van der Waals surface area (Å²) in [4.78, 5) is 12.0. The van der Waals surface area contributed by atoms with Gasteiger partial charge in [-0.1, -0.05) is 54.9 Å². The number of carbonyl (C=O) groups excluding carboxylic acids is 1. The van der Waals surface area contributed by atoms with Gasteiger partial charge >= 0.3 is 0 Å². The molecule has 3 N–H and O–H groups in total. The average Bonchev–Trinajstić information content (AvgIpc) is 2.27. The van der Waals surface area contributed by atoms with Crippen LogP contribution in [0, 0.1) is 5.41 Å². The van der Waals surface area contributed by atoms with Crippen molar-refractivity contribution in [2.75, 3.05) is 0 Å². The lowest BCUT2D eigenvalue weighted by molar-refractivity contribution is -0.125. The number of nitrogens with one attached hydrogen (secondary N) is 1. The summed E-state index contributed by atoms with van der Waals surface area (Å²) in [5.41, 5.74) is 6.74. The minimum absolute atomic E-state index is 0.0681. The Balaban J connectivity index is 2.75. The molecule has 0 aromatic heterocycles. The number of benzene rings is 1. The molecule has 2 atom stereocenters. The quantitative estimate of drug-likeness (QED) is 0.901. The van der Waals surface area contributed by atoms with Crippen molar-refractivity contribution in [3.63, 3.8) is 0 Å². The number of rotatable bonds is 3. The van der Waals surface area contributed by atoms with Crippen LogP contribution in [0.15, 0.2) is 28.7 Å². The van der Waals surface area contributed by atoms with Crippen LogP contribution in [0.4, 0.5) is 0 Å². The van der Waals surface area contributed by atoms with Crippen LogP contribution < -0.4 is 11.1 Å². The van der Waals surface area contributed by atoms with Gasteiger partial charge in [0, 0.05) is 4.47 Å². The van der Waals surface area contributed by atoms with Gasteiger partial charge in [-0.25, -0.2) is 0 Å². The molecule has 1 rings (SSSR count). The van der Waals surface area contributed by atoms with Crippen LogP contribution >= 0.6 is 15.9 Å². The summed E-state index contributed by atoms with van der Waals surface area (Å²) in [5.74, 6) is -0.120. The van der Waals surface area contributed by atoms with Gasteiger partial charge in [0.15, 0.2) is 0 Å². The van der Waals surface area contributed by atoms with Gasteiger partial charge in [0.2, 0.25) is 5.91 Å². The summed E-state index contributed by atoms with van der Waals surface area (Å²) < 4.78 is 0.988. The molecular formula is C14H21BrN2O. The van der Waals surface area contributed by atoms with Gasteiger partial charge in [0.05, 0.1) is 12.1 Å². The third-order valence-corrected chi connectivity index (χ3v) is 3.67. The summed E-state index contributed by atoms with van der Waals surface area (Å²) in [6, 6.07) is 7.26. The first-order valence-corrected chi connectivity index (χ1v) is 6.83. The standard InChI is InChI=1S/C14H21BrN2O/c1-9(10-7-5-6-8-11(10)15)17-13(18)12(16)14(2,3)4/h5-9,12H,16H2,1-4H3,(H,17,18)/t9-,12?/m1/s1. The number of halogens is 1. The molecule has 0 saturated carbocycles. The summed E-state index contributed by atoms with van der Waals surface area (Å²) in [6.45, 7) is 7.83. The predicted octanol–water partition coefficient (Wildman–Crippen LogP) is 3.00. The molecule has 0 aliphatic carbocycles. The molecule has 0 saturated heterocycles. The van der Waals surface area contributed by atoms with Crippen molar-refractivity contribution in [1.29, 1.82) is 0 Å². The van der Waals surface area contributed by atoms with E-state index in [4.69, 9.17) is 5.73 Å². The highest BCUT2D eigenvalue weighted by Gasteiger charge is 2.28. The van der Waals surface area contributed by atoms with Crippen LogP contribution in [0.25, 0.3) is 0 Å². The molecule has 0 aliphatic rings. The lowest BCUT2D eigenvalue weighted by Crippen LogP contribution is -2.49. The fourth-order valence-corrected chi connectivity index (χ4v) is 2.23. The Morgan fingerprint density at radius 1 is 1.33 bits per heavy atom. The van der Waals surface area contributed by atoms with Crippen LogP contribution in [-0.4, -0.2) is 11.9 Å². The SMILES string of the molecule is C[C@@H](NC(=O)C(N)C(C)(C)C)c1ccccc1Br. The molecule has 1 aromatic rings. The molecule has 0 radical (unpaired) electrons. The van der Waals surface area contributed by atoms with Gasteiger partial charge in [-0.2, -0.15) is 0 Å². The second kappa shape index (κ2) is 5.85. The molecule has 3 nitrogen and oxygen atoms in total. The zero-order chi connectivity index (χ0) is 13.9. The van der Waals surface area contributed by atoms with Crippen molar-refractivity contribution in [3.8, 4) is 0 Å². The van der Waals surface area contributed by atoms with E-state index >= 15 is 0 Å². The Bertz CT molecular complexity index is 426. The Kier molecular flexibility index (Phi) is 4.93. The molecule has 1 unspecified atom stereocenters. The molecule has 0 heterocycles. The van der Waals surface area contributed by atoms with E-state index in [-0.39, 0.29) is 17.4 Å². The first kappa shape index (κ1) is 15.2. The molecule has 0 spiro atoms. The second-order valence-corrected chi connectivity index (χ2v) is 6.45. The monoisotopic (exact) mass is 312 g/mol. The minimum atomic E-state index is -0.512. The molecule has 4 heteroatoms. The van der Waals surface area contributed by atoms with E-state index in [1.807, 2.05) is 52.0 Å². The van der Waals surface area contributed by atoms with Gasteiger partial charge < -0.3 is 11.1 Å². The van der Waals surface area contributed by atoms with Gasteiger partial charge in [-0.3, -0.25) is 4.79 Å². The van der Waals surface area contributed by atoms with Crippen molar-refractivity contribution >= 4 is 21.8 Å². The van der Waals surface area contributed by atoms with E-state index in [2.05, 4.69) is 21.2 Å². The topological polar surface area (TPSA) is 55.1 Å². The molecule has 1 aromatic carbocycles. The van der Waals surface area contributed by atoms with Gasteiger partial charge in [0.1, 0.15) is 0 Å². The average molecular weight is 313 g/mol. The number of nitrogens with two attached hydrogens (primary N) is 1. The van der Waals surface area contributed by atoms with Gasteiger partial charge in [-0.05, 0) is 24.0 Å². The van der Waals surface area contributed by atoms with Gasteiger partial charge in [-0.15, -0.1) is 0 Å². The molecule has 1 amide bonds. The summed E-state index contributed by atoms with van der Waals surface area (Å²) >= 11 is 3.48. The van der Waals surface area contributed by atoms with E-state index in [1.165, 1.54) is 0 Å². The molecule has 18 heavy (non-hydrogen) atoms. The maximum Gasteiger partial charge on any atom is 0.237 e. The Morgan fingerprint density at radius 3 is 2.39 bits per heavy atom. The fraction of sp³-hybridized carbons (Fsp3) is 0.500. The lowest BCUT2D eigenvalue weighted by atomic mass is 9.86. The maximum absolute atomic E-state index is 12.0. The Hall–Kier alpha value is -0.870. The first-order valence-electron chi connectivity index (χ1n) is 6.04. The zero-order valence-electron chi connectivity index (χ0n) is 11.3. The third-order valence-electron chi connectivity index (χ3n) is 2.95. The highest BCUT2D eigenvalue weighted by molar-refractivity contribution is 9.10. The van der Waals surface area contributed by atoms with Crippen molar-refractivity contribution in [1.82, 2.24) is 5.32 Å². The molecular weight excluding hydrogens is 292 g/mol. The van der Waals surface area contributed by atoms with Crippen LogP contribution in [0.5, 0.6) is 0 Å². The molecule has 0 bridgehead atoms. The highest BCUT2D eigenvalue weighted by Crippen LogP contribution is 2.24. The van der Waals surface area contributed by atoms with Crippen LogP contribution in [-0.2, 0) is 4.79 Å². The van der Waals surface area contributed by atoms with Crippen molar-refractivity contribution in [2.24, 2.45) is 11.1 Å². The number of amides is 1. The van der Waals surface area contributed by atoms with E-state index in [9.17, 15) is 4.79 Å². The Labute approximate surface area is 117 Å². The smallest absolute Gasteiger partial charge is 0.237 e. The Morgan fingerprint density at radius 2 is 1.89 bits per heavy atom. The third kappa shape index (κ3) is 3.82. The lowest BCUT2D eigenvalue weighted by Gasteiger charge is -2.27. The van der Waals surface area contributed by atoms with E-state index in [0.29, 0.717) is 0 Å². The number of hydrogen-bond donors (Lipinski definition) is 2. The van der Waals surface area contributed by atoms with E-state index < -0.39 is 6.04 Å². The van der Waals surface area contributed by atoms with Crippen molar-refractivity contribution in [3.05, 3.63) is 34.3 Å². The normalized spacial score (nSPS) is 15.0. The van der Waals surface area contributed by atoms with E-state index in [0.717, 1.165) is 10.0 Å². The van der Waals surface area contributed by atoms with Crippen LogP contribution in [0.1, 0.15) is 39.3 Å². The van der Waals surface area contributed by atoms with Crippen LogP contribution in [0.2, 0.25) is 0 Å². The largest absolute Gasteiger partial charge is 0.348 e. The fourth-order valence-electron chi connectivity index (χ4n) is 1.60.